The first-order chi connectivity index (χ1) is 10.3. The molecule has 0 amide bonds. The van der Waals surface area contributed by atoms with Crippen LogP contribution in [-0.4, -0.2) is 5.78 Å². The average molecular weight is 341 g/mol. The number of hydrogen-bond donors (Lipinski definition) is 0. The Hall–Kier alpha value is -2.00. The third-order valence-electron chi connectivity index (χ3n) is 3.56. The van der Waals surface area contributed by atoms with Gasteiger partial charge in [0.05, 0.1) is 5.33 Å². The van der Waals surface area contributed by atoms with E-state index in [0.717, 1.165) is 27.5 Å². The van der Waals surface area contributed by atoms with Gasteiger partial charge in [-0.25, -0.2) is 0 Å². The van der Waals surface area contributed by atoms with Crippen molar-refractivity contribution in [3.8, 4) is 0 Å². The van der Waals surface area contributed by atoms with Crippen LogP contribution < -0.4 is 4.57 Å². The van der Waals surface area contributed by atoms with Crippen molar-refractivity contribution >= 4 is 32.6 Å². The maximum atomic E-state index is 12.5. The van der Waals surface area contributed by atoms with Gasteiger partial charge in [0.15, 0.2) is 5.69 Å². The molecule has 3 aromatic rings. The lowest BCUT2D eigenvalue weighted by molar-refractivity contribution is -0.663. The monoisotopic (exact) mass is 340 g/mol. The van der Waals surface area contributed by atoms with E-state index in [2.05, 4.69) is 44.8 Å². The molecule has 0 aliphatic rings. The number of nitrogens with zero attached hydrogens (tertiary/aromatic N) is 1. The van der Waals surface area contributed by atoms with Crippen molar-refractivity contribution in [2.24, 2.45) is 0 Å². The summed E-state index contributed by atoms with van der Waals surface area (Å²) in [5.74, 6) is 0.124. The first-order valence-electron chi connectivity index (χ1n) is 6.84. The molecule has 0 saturated carbocycles. The summed E-state index contributed by atoms with van der Waals surface area (Å²) in [5, 5.41) is 1.86. The SMILES string of the molecule is O=C(C[n+]1c(CBr)ccc2ccccc21)c1ccccc1. The highest BCUT2D eigenvalue weighted by Crippen LogP contribution is 2.13. The predicted octanol–water partition coefficient (Wildman–Crippen LogP) is 3.91. The van der Waals surface area contributed by atoms with Crippen LogP contribution in [0.1, 0.15) is 16.1 Å². The zero-order valence-corrected chi connectivity index (χ0v) is 13.1. The summed E-state index contributed by atoms with van der Waals surface area (Å²) >= 11 is 3.51. The van der Waals surface area contributed by atoms with E-state index in [4.69, 9.17) is 0 Å². The predicted molar refractivity (Wildman–Crippen MR) is 87.5 cm³/mol. The molecule has 0 aliphatic heterocycles. The Bertz CT molecular complexity index is 784. The third-order valence-corrected chi connectivity index (χ3v) is 4.14. The lowest BCUT2D eigenvalue weighted by Gasteiger charge is -2.05. The van der Waals surface area contributed by atoms with Crippen molar-refractivity contribution in [3.05, 3.63) is 78.0 Å². The van der Waals surface area contributed by atoms with Crippen LogP contribution in [0.25, 0.3) is 10.9 Å². The fourth-order valence-corrected chi connectivity index (χ4v) is 2.96. The maximum absolute atomic E-state index is 12.5. The second kappa shape index (κ2) is 6.19. The van der Waals surface area contributed by atoms with Gasteiger partial charge in [0, 0.05) is 23.1 Å². The van der Waals surface area contributed by atoms with Crippen LogP contribution >= 0.6 is 15.9 Å². The molecule has 0 aliphatic carbocycles. The van der Waals surface area contributed by atoms with Gasteiger partial charge in [-0.05, 0) is 12.1 Å². The van der Waals surface area contributed by atoms with Crippen LogP contribution in [0.15, 0.2) is 66.7 Å². The standard InChI is InChI=1S/C18H15BrNO/c19-12-16-11-10-14-6-4-5-9-17(14)20(16)13-18(21)15-7-2-1-3-8-15/h1-11H,12-13H2/q+1. The van der Waals surface area contributed by atoms with Crippen LogP contribution in [0, 0.1) is 0 Å². The molecule has 104 valence electrons. The molecule has 2 aromatic carbocycles. The van der Waals surface area contributed by atoms with E-state index in [0.29, 0.717) is 6.54 Å². The summed E-state index contributed by atoms with van der Waals surface area (Å²) in [6.45, 7) is 0.353. The summed E-state index contributed by atoms with van der Waals surface area (Å²) in [4.78, 5) is 12.5. The highest BCUT2D eigenvalue weighted by atomic mass is 79.9. The van der Waals surface area contributed by atoms with Gasteiger partial charge >= 0.3 is 0 Å². The van der Waals surface area contributed by atoms with E-state index in [-0.39, 0.29) is 5.78 Å². The summed E-state index contributed by atoms with van der Waals surface area (Å²) in [5.41, 5.74) is 2.93. The van der Waals surface area contributed by atoms with Gasteiger partial charge in [-0.2, -0.15) is 4.57 Å². The van der Waals surface area contributed by atoms with Gasteiger partial charge in [-0.15, -0.1) is 0 Å². The van der Waals surface area contributed by atoms with Gasteiger partial charge in [0.2, 0.25) is 17.8 Å². The minimum absolute atomic E-state index is 0.124. The molecular formula is C18H15BrNO+. The van der Waals surface area contributed by atoms with Gasteiger partial charge in [-0.1, -0.05) is 58.4 Å². The van der Waals surface area contributed by atoms with Crippen molar-refractivity contribution in [1.82, 2.24) is 0 Å². The molecule has 0 atom stereocenters. The third kappa shape index (κ3) is 2.88. The number of carbonyl (C=O) groups excluding carboxylic acids is 1. The Morgan fingerprint density at radius 2 is 1.62 bits per heavy atom. The summed E-state index contributed by atoms with van der Waals surface area (Å²) in [6.07, 6.45) is 0. The van der Waals surface area contributed by atoms with Crippen LogP contribution in [0.5, 0.6) is 0 Å². The molecule has 21 heavy (non-hydrogen) atoms. The fourth-order valence-electron chi connectivity index (χ4n) is 2.47. The molecule has 1 heterocycles. The number of rotatable bonds is 4. The topological polar surface area (TPSA) is 20.9 Å². The van der Waals surface area contributed by atoms with Crippen molar-refractivity contribution < 1.29 is 9.36 Å². The smallest absolute Gasteiger partial charge is 0.227 e. The average Bonchev–Trinajstić information content (AvgIpc) is 2.56. The minimum Gasteiger partial charge on any atom is -0.287 e. The van der Waals surface area contributed by atoms with Gasteiger partial charge < -0.3 is 0 Å². The van der Waals surface area contributed by atoms with Crippen molar-refractivity contribution in [2.75, 3.05) is 0 Å². The first-order valence-corrected chi connectivity index (χ1v) is 7.96. The van der Waals surface area contributed by atoms with E-state index >= 15 is 0 Å². The highest BCUT2D eigenvalue weighted by molar-refractivity contribution is 9.08. The molecule has 0 radical (unpaired) electrons. The number of para-hydroxylation sites is 1. The zero-order valence-electron chi connectivity index (χ0n) is 11.5. The Morgan fingerprint density at radius 3 is 2.38 bits per heavy atom. The van der Waals surface area contributed by atoms with Crippen molar-refractivity contribution in [1.29, 1.82) is 0 Å². The molecule has 2 nitrogen and oxygen atoms in total. The molecule has 1 aromatic heterocycles. The van der Waals surface area contributed by atoms with E-state index < -0.39 is 0 Å². The largest absolute Gasteiger partial charge is 0.287 e. The Kier molecular flexibility index (Phi) is 4.11. The number of fused-ring (bicyclic) bond motifs is 1. The number of pyridine rings is 1. The molecule has 0 bridgehead atoms. The number of carbonyl (C=O) groups is 1. The molecule has 0 fully saturated rings. The second-order valence-electron chi connectivity index (χ2n) is 4.89. The van der Waals surface area contributed by atoms with Crippen molar-refractivity contribution in [3.63, 3.8) is 0 Å². The Balaban J connectivity index is 2.05. The molecular weight excluding hydrogens is 326 g/mol. The zero-order chi connectivity index (χ0) is 14.7. The highest BCUT2D eigenvalue weighted by Gasteiger charge is 2.19. The van der Waals surface area contributed by atoms with Crippen LogP contribution in [0.2, 0.25) is 0 Å². The number of aromatic nitrogens is 1. The Labute approximate surface area is 132 Å². The quantitative estimate of drug-likeness (QED) is 0.400. The maximum Gasteiger partial charge on any atom is 0.227 e. The summed E-state index contributed by atoms with van der Waals surface area (Å²) in [6, 6.07) is 21.7. The number of alkyl halides is 1. The number of benzene rings is 2. The molecule has 3 rings (SSSR count). The van der Waals surface area contributed by atoms with Gasteiger partial charge in [0.1, 0.15) is 0 Å². The lowest BCUT2D eigenvalue weighted by Crippen LogP contribution is -2.42. The van der Waals surface area contributed by atoms with Gasteiger partial charge in [-0.3, -0.25) is 4.79 Å². The molecule has 0 N–H and O–H groups in total. The van der Waals surface area contributed by atoms with E-state index in [1.165, 1.54) is 0 Å². The van der Waals surface area contributed by atoms with Crippen LogP contribution in [0.3, 0.4) is 0 Å². The van der Waals surface area contributed by atoms with Crippen molar-refractivity contribution in [2.45, 2.75) is 11.9 Å². The fraction of sp³-hybridized carbons (Fsp3) is 0.111. The number of Topliss-reactive ketones (excluding diaryl/α,β-unsaturated/α-hetero) is 1. The summed E-state index contributed by atoms with van der Waals surface area (Å²) in [7, 11) is 0. The van der Waals surface area contributed by atoms with E-state index in [1.54, 1.807) is 0 Å². The number of ketones is 1. The molecule has 0 unspecified atom stereocenters. The van der Waals surface area contributed by atoms with Crippen LogP contribution in [0.4, 0.5) is 0 Å². The Morgan fingerprint density at radius 1 is 0.905 bits per heavy atom. The van der Waals surface area contributed by atoms with E-state index in [1.807, 2.05) is 42.5 Å². The summed E-state index contributed by atoms with van der Waals surface area (Å²) < 4.78 is 2.08. The number of halogens is 1. The normalized spacial score (nSPS) is 10.7. The minimum atomic E-state index is 0.124. The van der Waals surface area contributed by atoms with Crippen LogP contribution in [-0.2, 0) is 11.9 Å². The molecule has 3 heteroatoms. The number of hydrogen-bond acceptors (Lipinski definition) is 1. The molecule has 0 saturated heterocycles. The molecule has 0 spiro atoms. The second-order valence-corrected chi connectivity index (χ2v) is 5.45. The first kappa shape index (κ1) is 14.0. The van der Waals surface area contributed by atoms with Gasteiger partial charge in [0.25, 0.3) is 0 Å². The van der Waals surface area contributed by atoms with E-state index in [9.17, 15) is 4.79 Å². The lowest BCUT2D eigenvalue weighted by atomic mass is 10.1.